The molecule has 8 heteroatoms. The van der Waals surface area contributed by atoms with Gasteiger partial charge in [0.05, 0.1) is 0 Å². The Balaban J connectivity index is 1.33. The summed E-state index contributed by atoms with van der Waals surface area (Å²) in [4.78, 5) is 30.6. The molecule has 0 aromatic carbocycles. The second-order valence-corrected chi connectivity index (χ2v) is 7.73. The fraction of sp³-hybridized carbons (Fsp3) is 0.632. The zero-order valence-electron chi connectivity index (χ0n) is 15.5. The molecule has 144 valence electrons. The summed E-state index contributed by atoms with van der Waals surface area (Å²) in [5, 5.41) is 8.47. The van der Waals surface area contributed by atoms with Gasteiger partial charge in [-0.25, -0.2) is 14.3 Å². The van der Waals surface area contributed by atoms with E-state index in [1.54, 1.807) is 17.1 Å². The number of aromatic nitrogens is 5. The molecule has 2 aliphatic rings. The van der Waals surface area contributed by atoms with Crippen molar-refractivity contribution in [2.24, 2.45) is 11.8 Å². The predicted octanol–water partition coefficient (Wildman–Crippen LogP) is 1.64. The minimum atomic E-state index is -0.112. The van der Waals surface area contributed by atoms with Crippen molar-refractivity contribution in [3.63, 3.8) is 0 Å². The van der Waals surface area contributed by atoms with E-state index in [2.05, 4.69) is 15.2 Å². The summed E-state index contributed by atoms with van der Waals surface area (Å²) in [5.41, 5.74) is -0.112. The molecule has 0 unspecified atom stereocenters. The Bertz CT molecular complexity index is 817. The van der Waals surface area contributed by atoms with Gasteiger partial charge in [-0.3, -0.25) is 9.59 Å². The lowest BCUT2D eigenvalue weighted by molar-refractivity contribution is -0.133. The number of carbonyl (C=O) groups excluding carboxylic acids is 1. The van der Waals surface area contributed by atoms with Gasteiger partial charge in [0.15, 0.2) is 5.82 Å². The number of piperidine rings is 1. The highest BCUT2D eigenvalue weighted by Gasteiger charge is 2.26. The molecule has 0 radical (unpaired) electrons. The maximum Gasteiger partial charge on any atom is 0.266 e. The van der Waals surface area contributed by atoms with E-state index >= 15 is 0 Å². The van der Waals surface area contributed by atoms with Crippen LogP contribution in [0.5, 0.6) is 0 Å². The summed E-state index contributed by atoms with van der Waals surface area (Å²) in [6.07, 6.45) is 10.5. The summed E-state index contributed by atoms with van der Waals surface area (Å²) in [7, 11) is 0. The molecule has 0 atom stereocenters. The molecule has 2 aromatic rings. The van der Waals surface area contributed by atoms with E-state index in [0.717, 1.165) is 25.9 Å². The van der Waals surface area contributed by atoms with Crippen LogP contribution in [0.2, 0.25) is 0 Å². The van der Waals surface area contributed by atoms with Crippen LogP contribution in [0, 0.1) is 11.8 Å². The highest BCUT2D eigenvalue weighted by atomic mass is 16.2. The van der Waals surface area contributed by atoms with Gasteiger partial charge in [0.25, 0.3) is 5.56 Å². The van der Waals surface area contributed by atoms with Crippen LogP contribution in [0.1, 0.15) is 44.9 Å². The van der Waals surface area contributed by atoms with Crippen LogP contribution < -0.4 is 5.56 Å². The minimum absolute atomic E-state index is 0.112. The van der Waals surface area contributed by atoms with Crippen molar-refractivity contribution in [1.82, 2.24) is 29.4 Å². The first-order valence-electron chi connectivity index (χ1n) is 9.90. The molecule has 1 amide bonds. The second-order valence-electron chi connectivity index (χ2n) is 7.73. The Morgan fingerprint density at radius 1 is 1.07 bits per heavy atom. The number of hydrogen-bond donors (Lipinski definition) is 0. The Morgan fingerprint density at radius 3 is 2.56 bits per heavy atom. The second kappa shape index (κ2) is 8.02. The maximum atomic E-state index is 12.5. The van der Waals surface area contributed by atoms with Gasteiger partial charge in [-0.05, 0) is 43.6 Å². The molecule has 0 spiro atoms. The van der Waals surface area contributed by atoms with Crippen LogP contribution in [0.25, 0.3) is 5.82 Å². The number of carbonyl (C=O) groups is 1. The van der Waals surface area contributed by atoms with E-state index in [4.69, 9.17) is 0 Å². The molecule has 1 saturated heterocycles. The van der Waals surface area contributed by atoms with Gasteiger partial charge in [-0.2, -0.15) is 5.10 Å². The Kier molecular flexibility index (Phi) is 5.31. The van der Waals surface area contributed by atoms with Gasteiger partial charge >= 0.3 is 0 Å². The summed E-state index contributed by atoms with van der Waals surface area (Å²) in [6, 6.07) is 3.17. The highest BCUT2D eigenvalue weighted by molar-refractivity contribution is 5.76. The first-order chi connectivity index (χ1) is 13.2. The molecule has 0 N–H and O–H groups in total. The van der Waals surface area contributed by atoms with Crippen molar-refractivity contribution in [3.05, 3.63) is 35.1 Å². The van der Waals surface area contributed by atoms with Crippen LogP contribution in [0.15, 0.2) is 29.6 Å². The molecule has 1 aliphatic carbocycles. The minimum Gasteiger partial charge on any atom is -0.343 e. The summed E-state index contributed by atoms with van der Waals surface area (Å²) >= 11 is 0. The van der Waals surface area contributed by atoms with Crippen molar-refractivity contribution in [1.29, 1.82) is 0 Å². The largest absolute Gasteiger partial charge is 0.343 e. The molecule has 8 nitrogen and oxygen atoms in total. The van der Waals surface area contributed by atoms with E-state index in [1.807, 2.05) is 4.90 Å². The van der Waals surface area contributed by atoms with E-state index in [0.29, 0.717) is 36.5 Å². The van der Waals surface area contributed by atoms with Gasteiger partial charge in [-0.1, -0.05) is 12.8 Å². The van der Waals surface area contributed by atoms with Gasteiger partial charge in [0, 0.05) is 32.1 Å². The summed E-state index contributed by atoms with van der Waals surface area (Å²) < 4.78 is 3.05. The van der Waals surface area contributed by atoms with Gasteiger partial charge in [0.1, 0.15) is 12.7 Å². The third-order valence-electron chi connectivity index (χ3n) is 5.84. The molecule has 2 aromatic heterocycles. The lowest BCUT2D eigenvalue weighted by atomic mass is 9.95. The van der Waals surface area contributed by atoms with Crippen LogP contribution in [-0.4, -0.2) is 48.4 Å². The number of rotatable bonds is 5. The Hall–Kier alpha value is -2.51. The zero-order valence-corrected chi connectivity index (χ0v) is 15.5. The fourth-order valence-electron chi connectivity index (χ4n) is 4.22. The van der Waals surface area contributed by atoms with E-state index in [9.17, 15) is 9.59 Å². The van der Waals surface area contributed by atoms with Crippen LogP contribution in [0.4, 0.5) is 0 Å². The van der Waals surface area contributed by atoms with E-state index < -0.39 is 0 Å². The third-order valence-corrected chi connectivity index (χ3v) is 5.84. The van der Waals surface area contributed by atoms with Crippen molar-refractivity contribution >= 4 is 5.91 Å². The molecular weight excluding hydrogens is 344 g/mol. The van der Waals surface area contributed by atoms with Crippen LogP contribution >= 0.6 is 0 Å². The Morgan fingerprint density at radius 2 is 1.85 bits per heavy atom. The molecule has 1 aliphatic heterocycles. The topological polar surface area (TPSA) is 85.9 Å². The zero-order chi connectivity index (χ0) is 18.6. The van der Waals surface area contributed by atoms with E-state index in [1.165, 1.54) is 42.8 Å². The van der Waals surface area contributed by atoms with E-state index in [-0.39, 0.29) is 5.56 Å². The van der Waals surface area contributed by atoms with Crippen molar-refractivity contribution in [2.45, 2.75) is 51.5 Å². The smallest absolute Gasteiger partial charge is 0.266 e. The first-order valence-corrected chi connectivity index (χ1v) is 9.90. The SMILES string of the molecule is O=C(CC1CCCC1)N1CCC(Cn2nc(-n3cncn3)ccc2=O)CC1. The van der Waals surface area contributed by atoms with Crippen LogP contribution in [-0.2, 0) is 11.3 Å². The van der Waals surface area contributed by atoms with Crippen molar-refractivity contribution in [2.75, 3.05) is 13.1 Å². The van der Waals surface area contributed by atoms with Gasteiger partial charge < -0.3 is 4.90 Å². The molecular formula is C19H26N6O2. The average Bonchev–Trinajstić information content (AvgIpc) is 3.38. The number of hydrogen-bond acceptors (Lipinski definition) is 5. The summed E-state index contributed by atoms with van der Waals surface area (Å²) in [6.45, 7) is 2.15. The lowest BCUT2D eigenvalue weighted by Crippen LogP contribution is -2.40. The monoisotopic (exact) mass is 370 g/mol. The predicted molar refractivity (Wildman–Crippen MR) is 99.3 cm³/mol. The average molecular weight is 370 g/mol. The fourth-order valence-corrected chi connectivity index (χ4v) is 4.22. The van der Waals surface area contributed by atoms with Crippen molar-refractivity contribution < 1.29 is 4.79 Å². The van der Waals surface area contributed by atoms with Crippen molar-refractivity contribution in [3.8, 4) is 5.82 Å². The molecule has 0 bridgehead atoms. The Labute approximate surface area is 158 Å². The highest BCUT2D eigenvalue weighted by Crippen LogP contribution is 2.29. The normalized spacial score (nSPS) is 18.9. The first kappa shape index (κ1) is 17.9. The molecule has 4 rings (SSSR count). The maximum absolute atomic E-state index is 12.5. The molecule has 3 heterocycles. The van der Waals surface area contributed by atoms with Gasteiger partial charge in [-0.15, -0.1) is 5.10 Å². The third kappa shape index (κ3) is 4.26. The lowest BCUT2D eigenvalue weighted by Gasteiger charge is -2.32. The molecule has 27 heavy (non-hydrogen) atoms. The molecule has 1 saturated carbocycles. The van der Waals surface area contributed by atoms with Gasteiger partial charge in [0.2, 0.25) is 5.91 Å². The number of likely N-dealkylation sites (tertiary alicyclic amines) is 1. The number of amides is 1. The van der Waals surface area contributed by atoms with Crippen LogP contribution in [0.3, 0.4) is 0 Å². The molecule has 2 fully saturated rings. The summed E-state index contributed by atoms with van der Waals surface area (Å²) in [5.74, 6) is 1.84. The standard InChI is InChI=1S/C19H26N6O2/c26-18-6-5-17(25-14-20-13-21-25)22-24(18)12-16-7-9-23(10-8-16)19(27)11-15-3-1-2-4-15/h5-6,13-16H,1-4,7-12H2. The number of nitrogens with zero attached hydrogens (tertiary/aromatic N) is 6. The quantitative estimate of drug-likeness (QED) is 0.799.